The standard InChI is InChI=1S/C24H20N4OS3/c1-2-3-13-27-23(29)20(32-24(27)30)14-16-15-28(17-9-5-4-6-10-17)26-21(16)22-25-18-11-7-8-12-19(18)31-22/h4-12,14-15H,2-3,13H2,1H3/b20-14-. The number of benzene rings is 2. The third kappa shape index (κ3) is 4.01. The van der Waals surface area contributed by atoms with Gasteiger partial charge in [0.05, 0.1) is 20.8 Å². The largest absolute Gasteiger partial charge is 0.293 e. The minimum Gasteiger partial charge on any atom is -0.293 e. The second-order valence-electron chi connectivity index (χ2n) is 7.39. The quantitative estimate of drug-likeness (QED) is 0.247. The van der Waals surface area contributed by atoms with Crippen LogP contribution >= 0.6 is 35.3 Å². The van der Waals surface area contributed by atoms with E-state index in [2.05, 4.69) is 13.0 Å². The van der Waals surface area contributed by atoms with Gasteiger partial charge in [-0.05, 0) is 36.8 Å². The molecule has 32 heavy (non-hydrogen) atoms. The van der Waals surface area contributed by atoms with E-state index in [1.165, 1.54) is 11.8 Å². The van der Waals surface area contributed by atoms with Crippen molar-refractivity contribution in [2.45, 2.75) is 19.8 Å². The Kier molecular flexibility index (Phi) is 5.91. The van der Waals surface area contributed by atoms with E-state index in [9.17, 15) is 4.79 Å². The van der Waals surface area contributed by atoms with E-state index in [-0.39, 0.29) is 5.91 Å². The molecular weight excluding hydrogens is 456 g/mol. The van der Waals surface area contributed by atoms with E-state index in [0.29, 0.717) is 15.8 Å². The van der Waals surface area contributed by atoms with Gasteiger partial charge in [0.15, 0.2) is 0 Å². The smallest absolute Gasteiger partial charge is 0.266 e. The number of thiazole rings is 1. The van der Waals surface area contributed by atoms with E-state index >= 15 is 0 Å². The first kappa shape index (κ1) is 21.1. The highest BCUT2D eigenvalue weighted by Gasteiger charge is 2.32. The lowest BCUT2D eigenvalue weighted by Gasteiger charge is -2.12. The first-order valence-electron chi connectivity index (χ1n) is 10.4. The molecule has 5 rings (SSSR count). The van der Waals surface area contributed by atoms with E-state index in [4.69, 9.17) is 22.3 Å². The summed E-state index contributed by atoms with van der Waals surface area (Å²) in [5, 5.41) is 5.68. The molecule has 0 aliphatic carbocycles. The second kappa shape index (κ2) is 8.97. The monoisotopic (exact) mass is 476 g/mol. The van der Waals surface area contributed by atoms with E-state index in [0.717, 1.165) is 45.0 Å². The van der Waals surface area contributed by atoms with Gasteiger partial charge in [-0.1, -0.05) is 67.7 Å². The zero-order valence-electron chi connectivity index (χ0n) is 17.4. The summed E-state index contributed by atoms with van der Waals surface area (Å²) < 4.78 is 3.56. The maximum absolute atomic E-state index is 13.0. The molecule has 0 N–H and O–H groups in total. The fraction of sp³-hybridized carbons (Fsp3) is 0.167. The minimum atomic E-state index is -0.0313. The first-order valence-corrected chi connectivity index (χ1v) is 12.4. The molecule has 1 saturated heterocycles. The maximum Gasteiger partial charge on any atom is 0.266 e. The van der Waals surface area contributed by atoms with Gasteiger partial charge in [0, 0.05) is 18.3 Å². The number of carbonyl (C=O) groups excluding carboxylic acids is 1. The Morgan fingerprint density at radius 3 is 2.66 bits per heavy atom. The van der Waals surface area contributed by atoms with Crippen LogP contribution in [0.5, 0.6) is 0 Å². The number of unbranched alkanes of at least 4 members (excludes halogenated alkanes) is 1. The highest BCUT2D eigenvalue weighted by atomic mass is 32.2. The third-order valence-electron chi connectivity index (χ3n) is 5.16. The number of thioether (sulfide) groups is 1. The zero-order chi connectivity index (χ0) is 22.1. The summed E-state index contributed by atoms with van der Waals surface area (Å²) in [5.41, 5.74) is 3.50. The Labute approximate surface area is 199 Å². The lowest BCUT2D eigenvalue weighted by molar-refractivity contribution is -0.122. The number of hydrogen-bond acceptors (Lipinski definition) is 6. The van der Waals surface area contributed by atoms with Crippen LogP contribution in [0.2, 0.25) is 0 Å². The van der Waals surface area contributed by atoms with Crippen LogP contribution in [0.25, 0.3) is 32.7 Å². The number of aromatic nitrogens is 3. The average Bonchev–Trinajstić information content (AvgIpc) is 3.49. The Balaban J connectivity index is 1.59. The van der Waals surface area contributed by atoms with Crippen LogP contribution in [0.4, 0.5) is 0 Å². The Bertz CT molecular complexity index is 1310. The van der Waals surface area contributed by atoms with Crippen molar-refractivity contribution in [2.75, 3.05) is 6.54 Å². The molecule has 1 aliphatic rings. The van der Waals surface area contributed by atoms with Crippen molar-refractivity contribution >= 4 is 61.8 Å². The summed E-state index contributed by atoms with van der Waals surface area (Å²) in [4.78, 5) is 20.1. The summed E-state index contributed by atoms with van der Waals surface area (Å²) in [7, 11) is 0. The number of fused-ring (bicyclic) bond motifs is 1. The Morgan fingerprint density at radius 1 is 1.09 bits per heavy atom. The van der Waals surface area contributed by atoms with Crippen molar-refractivity contribution in [3.63, 3.8) is 0 Å². The first-order chi connectivity index (χ1) is 15.6. The Hall–Kier alpha value is -2.81. The van der Waals surface area contributed by atoms with Gasteiger partial charge in [-0.15, -0.1) is 11.3 Å². The van der Waals surface area contributed by atoms with Gasteiger partial charge >= 0.3 is 0 Å². The molecule has 3 heterocycles. The molecule has 1 aliphatic heterocycles. The van der Waals surface area contributed by atoms with Crippen molar-refractivity contribution in [1.29, 1.82) is 0 Å². The number of amides is 1. The lowest BCUT2D eigenvalue weighted by atomic mass is 10.2. The zero-order valence-corrected chi connectivity index (χ0v) is 19.8. The maximum atomic E-state index is 13.0. The number of thiocarbonyl (C=S) groups is 1. The van der Waals surface area contributed by atoms with Gasteiger partial charge in [0.1, 0.15) is 15.0 Å². The van der Waals surface area contributed by atoms with Crippen LogP contribution in [0.15, 0.2) is 65.7 Å². The molecule has 1 amide bonds. The molecule has 0 spiro atoms. The van der Waals surface area contributed by atoms with Crippen LogP contribution in [-0.4, -0.2) is 36.4 Å². The molecule has 2 aromatic carbocycles. The fourth-order valence-corrected chi connectivity index (χ4v) is 5.77. The highest BCUT2D eigenvalue weighted by molar-refractivity contribution is 8.26. The van der Waals surface area contributed by atoms with Crippen LogP contribution < -0.4 is 0 Å². The van der Waals surface area contributed by atoms with Crippen molar-refractivity contribution in [3.05, 3.63) is 71.3 Å². The van der Waals surface area contributed by atoms with Gasteiger partial charge in [0.25, 0.3) is 5.91 Å². The molecule has 0 radical (unpaired) electrons. The molecular formula is C24H20N4OS3. The Morgan fingerprint density at radius 2 is 1.88 bits per heavy atom. The van der Waals surface area contributed by atoms with E-state index < -0.39 is 0 Å². The number of rotatable bonds is 6. The molecule has 0 unspecified atom stereocenters. The van der Waals surface area contributed by atoms with E-state index in [1.54, 1.807) is 16.2 Å². The molecule has 2 aromatic heterocycles. The number of nitrogens with zero attached hydrogens (tertiary/aromatic N) is 4. The molecule has 160 valence electrons. The SMILES string of the molecule is CCCCN1C(=O)/C(=C/c2cn(-c3ccccc3)nc2-c2nc3ccccc3s2)SC1=S. The lowest BCUT2D eigenvalue weighted by Crippen LogP contribution is -2.28. The summed E-state index contributed by atoms with van der Waals surface area (Å²) in [5.74, 6) is -0.0313. The molecule has 1 fully saturated rings. The summed E-state index contributed by atoms with van der Waals surface area (Å²) in [6, 6.07) is 18.0. The van der Waals surface area contributed by atoms with E-state index in [1.807, 2.05) is 65.5 Å². The van der Waals surface area contributed by atoms with Crippen LogP contribution in [0.3, 0.4) is 0 Å². The number of hydrogen-bond donors (Lipinski definition) is 0. The number of carbonyl (C=O) groups is 1. The van der Waals surface area contributed by atoms with Gasteiger partial charge in [-0.2, -0.15) is 5.10 Å². The average molecular weight is 477 g/mol. The van der Waals surface area contributed by atoms with Gasteiger partial charge in [-0.25, -0.2) is 9.67 Å². The van der Waals surface area contributed by atoms with Gasteiger partial charge in [0.2, 0.25) is 0 Å². The normalized spacial score (nSPS) is 15.4. The predicted molar refractivity (Wildman–Crippen MR) is 137 cm³/mol. The summed E-state index contributed by atoms with van der Waals surface area (Å²) in [6.45, 7) is 2.77. The molecule has 0 saturated carbocycles. The molecule has 8 heteroatoms. The second-order valence-corrected chi connectivity index (χ2v) is 10.1. The molecule has 0 atom stereocenters. The highest BCUT2D eigenvalue weighted by Crippen LogP contribution is 2.37. The summed E-state index contributed by atoms with van der Waals surface area (Å²) in [6.07, 6.45) is 5.80. The fourth-order valence-electron chi connectivity index (χ4n) is 3.50. The number of para-hydroxylation sites is 2. The van der Waals surface area contributed by atoms with Crippen LogP contribution in [0, 0.1) is 0 Å². The van der Waals surface area contributed by atoms with Crippen molar-refractivity contribution in [3.8, 4) is 16.4 Å². The van der Waals surface area contributed by atoms with Gasteiger partial charge < -0.3 is 0 Å². The minimum absolute atomic E-state index is 0.0313. The van der Waals surface area contributed by atoms with Crippen molar-refractivity contribution in [1.82, 2.24) is 19.7 Å². The van der Waals surface area contributed by atoms with Gasteiger partial charge in [-0.3, -0.25) is 9.69 Å². The van der Waals surface area contributed by atoms with Crippen molar-refractivity contribution < 1.29 is 4.79 Å². The predicted octanol–water partition coefficient (Wildman–Crippen LogP) is 6.15. The topological polar surface area (TPSA) is 51.0 Å². The molecule has 5 nitrogen and oxygen atoms in total. The summed E-state index contributed by atoms with van der Waals surface area (Å²) >= 11 is 8.43. The van der Waals surface area contributed by atoms with Crippen LogP contribution in [-0.2, 0) is 4.79 Å². The van der Waals surface area contributed by atoms with Crippen molar-refractivity contribution in [2.24, 2.45) is 0 Å². The van der Waals surface area contributed by atoms with Crippen LogP contribution in [0.1, 0.15) is 25.3 Å². The molecule has 4 aromatic rings. The molecule has 0 bridgehead atoms. The third-order valence-corrected chi connectivity index (χ3v) is 7.58.